The maximum absolute atomic E-state index is 11.5. The van der Waals surface area contributed by atoms with Crippen LogP contribution in [0.15, 0.2) is 18.5 Å². The number of rotatable bonds is 1. The van der Waals surface area contributed by atoms with Crippen molar-refractivity contribution in [3.8, 4) is 0 Å². The first-order valence-corrected chi connectivity index (χ1v) is 6.95. The SMILES string of the molecule is COC(=O)N1CCC(c2c[nH]c3ncc(C)cc23)CC1. The van der Waals surface area contributed by atoms with Gasteiger partial charge < -0.3 is 14.6 Å². The molecule has 0 bridgehead atoms. The molecule has 5 nitrogen and oxygen atoms in total. The molecule has 0 radical (unpaired) electrons. The van der Waals surface area contributed by atoms with Gasteiger partial charge in [-0.2, -0.15) is 0 Å². The van der Waals surface area contributed by atoms with E-state index in [-0.39, 0.29) is 6.09 Å². The molecule has 1 N–H and O–H groups in total. The Labute approximate surface area is 117 Å². The number of methoxy groups -OCH3 is 1. The van der Waals surface area contributed by atoms with Crippen LogP contribution in [0, 0.1) is 6.92 Å². The van der Waals surface area contributed by atoms with Crippen LogP contribution in [0.3, 0.4) is 0 Å². The molecular formula is C15H19N3O2. The van der Waals surface area contributed by atoms with Crippen molar-refractivity contribution in [3.05, 3.63) is 29.6 Å². The predicted octanol–water partition coefficient (Wildman–Crippen LogP) is 2.82. The Balaban J connectivity index is 1.80. The summed E-state index contributed by atoms with van der Waals surface area (Å²) in [7, 11) is 1.43. The normalized spacial score (nSPS) is 16.6. The first-order chi connectivity index (χ1) is 9.69. The summed E-state index contributed by atoms with van der Waals surface area (Å²) in [6.07, 6.45) is 5.66. The Morgan fingerprint density at radius 2 is 2.20 bits per heavy atom. The van der Waals surface area contributed by atoms with Crippen molar-refractivity contribution in [2.24, 2.45) is 0 Å². The monoisotopic (exact) mass is 273 g/mol. The summed E-state index contributed by atoms with van der Waals surface area (Å²) < 4.78 is 4.77. The maximum Gasteiger partial charge on any atom is 0.409 e. The summed E-state index contributed by atoms with van der Waals surface area (Å²) in [5, 5.41) is 1.21. The molecule has 1 saturated heterocycles. The summed E-state index contributed by atoms with van der Waals surface area (Å²) in [6.45, 7) is 3.57. The second-order valence-electron chi connectivity index (χ2n) is 5.38. The van der Waals surface area contributed by atoms with Crippen molar-refractivity contribution >= 4 is 17.1 Å². The summed E-state index contributed by atoms with van der Waals surface area (Å²) in [5.74, 6) is 0.480. The Morgan fingerprint density at radius 1 is 1.45 bits per heavy atom. The minimum atomic E-state index is -0.222. The third-order valence-corrected chi connectivity index (χ3v) is 4.07. The van der Waals surface area contributed by atoms with Gasteiger partial charge in [-0.25, -0.2) is 9.78 Å². The molecule has 0 spiro atoms. The zero-order chi connectivity index (χ0) is 14.1. The molecule has 2 aromatic rings. The highest BCUT2D eigenvalue weighted by molar-refractivity contribution is 5.81. The molecule has 1 fully saturated rings. The van der Waals surface area contributed by atoms with Crippen molar-refractivity contribution in [2.45, 2.75) is 25.7 Å². The highest BCUT2D eigenvalue weighted by Crippen LogP contribution is 2.33. The summed E-state index contributed by atoms with van der Waals surface area (Å²) >= 11 is 0. The standard InChI is InChI=1S/C15H19N3O2/c1-10-7-12-13(9-17-14(12)16-8-10)11-3-5-18(6-4-11)15(19)20-2/h7-9,11H,3-6H2,1-2H3,(H,16,17). The van der Waals surface area contributed by atoms with Crippen molar-refractivity contribution in [1.29, 1.82) is 0 Å². The molecule has 0 saturated carbocycles. The van der Waals surface area contributed by atoms with Crippen molar-refractivity contribution in [1.82, 2.24) is 14.9 Å². The van der Waals surface area contributed by atoms with Gasteiger partial charge in [0.15, 0.2) is 0 Å². The molecule has 5 heteroatoms. The Hall–Kier alpha value is -2.04. The summed E-state index contributed by atoms with van der Waals surface area (Å²) in [6, 6.07) is 2.18. The molecule has 20 heavy (non-hydrogen) atoms. The number of carbonyl (C=O) groups excluding carboxylic acids is 1. The van der Waals surface area contributed by atoms with E-state index >= 15 is 0 Å². The predicted molar refractivity (Wildman–Crippen MR) is 76.8 cm³/mol. The minimum Gasteiger partial charge on any atom is -0.453 e. The number of hydrogen-bond acceptors (Lipinski definition) is 3. The molecule has 0 aliphatic carbocycles. The highest BCUT2D eigenvalue weighted by Gasteiger charge is 2.25. The molecule has 106 valence electrons. The van der Waals surface area contributed by atoms with Crippen LogP contribution in [0.2, 0.25) is 0 Å². The zero-order valence-electron chi connectivity index (χ0n) is 11.8. The van der Waals surface area contributed by atoms with Gasteiger partial charge in [0, 0.05) is 30.9 Å². The fraction of sp³-hybridized carbons (Fsp3) is 0.467. The fourth-order valence-electron chi connectivity index (χ4n) is 2.97. The molecule has 2 aromatic heterocycles. The Bertz CT molecular complexity index is 627. The van der Waals surface area contributed by atoms with E-state index in [0.717, 1.165) is 31.6 Å². The number of amides is 1. The van der Waals surface area contributed by atoms with Crippen LogP contribution < -0.4 is 0 Å². The second kappa shape index (κ2) is 5.15. The molecule has 3 rings (SSSR count). The number of nitrogens with one attached hydrogen (secondary N) is 1. The maximum atomic E-state index is 11.5. The topological polar surface area (TPSA) is 58.2 Å². The van der Waals surface area contributed by atoms with Gasteiger partial charge in [0.25, 0.3) is 0 Å². The first-order valence-electron chi connectivity index (χ1n) is 6.95. The third-order valence-electron chi connectivity index (χ3n) is 4.07. The van der Waals surface area contributed by atoms with Gasteiger partial charge in [0.1, 0.15) is 5.65 Å². The second-order valence-corrected chi connectivity index (χ2v) is 5.38. The number of likely N-dealkylation sites (tertiary alicyclic amines) is 1. The van der Waals surface area contributed by atoms with Gasteiger partial charge in [-0.15, -0.1) is 0 Å². The lowest BCUT2D eigenvalue weighted by molar-refractivity contribution is 0.112. The van der Waals surface area contributed by atoms with Crippen LogP contribution in [0.4, 0.5) is 4.79 Å². The number of aryl methyl sites for hydroxylation is 1. The van der Waals surface area contributed by atoms with E-state index in [9.17, 15) is 4.79 Å². The molecular weight excluding hydrogens is 254 g/mol. The lowest BCUT2D eigenvalue weighted by Crippen LogP contribution is -2.37. The van der Waals surface area contributed by atoms with E-state index < -0.39 is 0 Å². The third kappa shape index (κ3) is 2.24. The van der Waals surface area contributed by atoms with Crippen molar-refractivity contribution in [3.63, 3.8) is 0 Å². The smallest absolute Gasteiger partial charge is 0.409 e. The van der Waals surface area contributed by atoms with E-state index in [1.54, 1.807) is 4.90 Å². The average Bonchev–Trinajstić information content (AvgIpc) is 2.89. The van der Waals surface area contributed by atoms with E-state index in [1.807, 2.05) is 6.20 Å². The van der Waals surface area contributed by atoms with Gasteiger partial charge >= 0.3 is 6.09 Å². The Kier molecular flexibility index (Phi) is 3.34. The highest BCUT2D eigenvalue weighted by atomic mass is 16.5. The van der Waals surface area contributed by atoms with Gasteiger partial charge in [0.2, 0.25) is 0 Å². The lowest BCUT2D eigenvalue weighted by Gasteiger charge is -2.30. The van der Waals surface area contributed by atoms with Gasteiger partial charge in [-0.3, -0.25) is 0 Å². The molecule has 0 atom stereocenters. The van der Waals surface area contributed by atoms with Crippen LogP contribution in [0.5, 0.6) is 0 Å². The van der Waals surface area contributed by atoms with Gasteiger partial charge in [-0.05, 0) is 42.9 Å². The molecule has 0 unspecified atom stereocenters. The summed E-state index contributed by atoms with van der Waals surface area (Å²) in [5.41, 5.74) is 3.44. The molecule has 1 aliphatic rings. The average molecular weight is 273 g/mol. The number of fused-ring (bicyclic) bond motifs is 1. The van der Waals surface area contributed by atoms with Crippen LogP contribution in [-0.4, -0.2) is 41.2 Å². The quantitative estimate of drug-likeness (QED) is 0.869. The molecule has 0 aromatic carbocycles. The number of pyridine rings is 1. The fourth-order valence-corrected chi connectivity index (χ4v) is 2.97. The van der Waals surface area contributed by atoms with E-state index in [4.69, 9.17) is 4.74 Å². The minimum absolute atomic E-state index is 0.222. The number of aromatic nitrogens is 2. The number of nitrogens with zero attached hydrogens (tertiary/aromatic N) is 2. The molecule has 3 heterocycles. The zero-order valence-corrected chi connectivity index (χ0v) is 11.8. The number of hydrogen-bond donors (Lipinski definition) is 1. The first kappa shape index (κ1) is 13.0. The van der Waals surface area contributed by atoms with E-state index in [1.165, 1.54) is 23.6 Å². The molecule has 1 amide bonds. The largest absolute Gasteiger partial charge is 0.453 e. The lowest BCUT2D eigenvalue weighted by atomic mass is 9.89. The number of aromatic amines is 1. The van der Waals surface area contributed by atoms with E-state index in [0.29, 0.717) is 5.92 Å². The number of H-pyrrole nitrogens is 1. The van der Waals surface area contributed by atoms with Crippen LogP contribution in [0.25, 0.3) is 11.0 Å². The summed E-state index contributed by atoms with van der Waals surface area (Å²) in [4.78, 5) is 20.9. The Morgan fingerprint density at radius 3 is 2.90 bits per heavy atom. The van der Waals surface area contributed by atoms with Crippen molar-refractivity contribution < 1.29 is 9.53 Å². The number of piperidine rings is 1. The van der Waals surface area contributed by atoms with Crippen LogP contribution in [-0.2, 0) is 4.74 Å². The number of ether oxygens (including phenoxy) is 1. The number of carbonyl (C=O) groups is 1. The van der Waals surface area contributed by atoms with Gasteiger partial charge in [-0.1, -0.05) is 0 Å². The van der Waals surface area contributed by atoms with Gasteiger partial charge in [0.05, 0.1) is 7.11 Å². The van der Waals surface area contributed by atoms with Crippen LogP contribution in [0.1, 0.15) is 29.9 Å². The van der Waals surface area contributed by atoms with Crippen LogP contribution >= 0.6 is 0 Å². The molecule has 1 aliphatic heterocycles. The van der Waals surface area contributed by atoms with Crippen molar-refractivity contribution in [2.75, 3.05) is 20.2 Å². The van der Waals surface area contributed by atoms with E-state index in [2.05, 4.69) is 29.2 Å².